The van der Waals surface area contributed by atoms with Crippen molar-refractivity contribution >= 4 is 22.7 Å². The van der Waals surface area contributed by atoms with Crippen molar-refractivity contribution < 1.29 is 4.74 Å². The number of benzene rings is 1. The number of para-hydroxylation sites is 1. The van der Waals surface area contributed by atoms with Gasteiger partial charge in [-0.1, -0.05) is 24.3 Å². The Morgan fingerprint density at radius 1 is 1.08 bits per heavy atom. The van der Waals surface area contributed by atoms with Crippen LogP contribution in [0.2, 0.25) is 0 Å². The van der Waals surface area contributed by atoms with Gasteiger partial charge in [0, 0.05) is 35.0 Å². The van der Waals surface area contributed by atoms with Gasteiger partial charge < -0.3 is 10.1 Å². The van der Waals surface area contributed by atoms with Gasteiger partial charge in [0.05, 0.1) is 12.1 Å². The normalized spacial score (nSPS) is 16.0. The zero-order chi connectivity index (χ0) is 17.6. The molecule has 1 atom stereocenters. The molecule has 0 amide bonds. The van der Waals surface area contributed by atoms with Crippen LogP contribution in [0.4, 0.5) is 0 Å². The maximum Gasteiger partial charge on any atom is 0.124 e. The van der Waals surface area contributed by atoms with Crippen molar-refractivity contribution in [3.05, 3.63) is 68.8 Å². The molecule has 0 bridgehead atoms. The molecule has 4 rings (SSSR count). The van der Waals surface area contributed by atoms with E-state index in [9.17, 15) is 0 Å². The summed E-state index contributed by atoms with van der Waals surface area (Å²) in [5.74, 6) is 1.03. The van der Waals surface area contributed by atoms with E-state index in [1.54, 1.807) is 22.7 Å². The Morgan fingerprint density at radius 2 is 1.96 bits per heavy atom. The van der Waals surface area contributed by atoms with E-state index in [2.05, 4.69) is 57.5 Å². The van der Waals surface area contributed by atoms with Crippen molar-refractivity contribution in [1.29, 1.82) is 0 Å². The molecule has 1 aliphatic rings. The van der Waals surface area contributed by atoms with Gasteiger partial charge in [-0.2, -0.15) is 0 Å². The zero-order valence-corrected chi connectivity index (χ0v) is 16.4. The summed E-state index contributed by atoms with van der Waals surface area (Å²) in [7, 11) is 0. The number of aromatic nitrogens is 1. The molecule has 1 aromatic carbocycles. The Balaban J connectivity index is 1.45. The second-order valence-electron chi connectivity index (χ2n) is 6.72. The van der Waals surface area contributed by atoms with Crippen LogP contribution in [0.25, 0.3) is 0 Å². The summed E-state index contributed by atoms with van der Waals surface area (Å²) in [6, 6.07) is 13.0. The smallest absolute Gasteiger partial charge is 0.124 e. The molecule has 0 unspecified atom stereocenters. The highest BCUT2D eigenvalue weighted by Crippen LogP contribution is 2.28. The maximum atomic E-state index is 6.28. The standard InChI is InChI=1S/C21H24N2OS2/c1-4-10-20(24-17-7-2-3-8-17)16(6-1)15-23-19(21-22-11-13-26-21)14-18-9-5-12-25-18/h1,4-6,9-13,17,19,23H,2-3,7-8,14-15H2/t19-/m0/s1. The molecule has 1 aliphatic carbocycles. The number of ether oxygens (including phenoxy) is 1. The predicted molar refractivity (Wildman–Crippen MR) is 109 cm³/mol. The first-order chi connectivity index (χ1) is 12.9. The van der Waals surface area contributed by atoms with Crippen molar-refractivity contribution in [2.75, 3.05) is 0 Å². The fourth-order valence-corrected chi connectivity index (χ4v) is 4.93. The van der Waals surface area contributed by atoms with Gasteiger partial charge in [-0.3, -0.25) is 0 Å². The lowest BCUT2D eigenvalue weighted by Gasteiger charge is -2.19. The van der Waals surface area contributed by atoms with Crippen molar-refractivity contribution in [3.63, 3.8) is 0 Å². The van der Waals surface area contributed by atoms with E-state index >= 15 is 0 Å². The molecule has 3 nitrogen and oxygen atoms in total. The molecule has 3 aromatic rings. The Kier molecular flexibility index (Phi) is 5.99. The summed E-state index contributed by atoms with van der Waals surface area (Å²) in [6.45, 7) is 0.790. The topological polar surface area (TPSA) is 34.1 Å². The first-order valence-corrected chi connectivity index (χ1v) is 11.0. The summed E-state index contributed by atoms with van der Waals surface area (Å²) in [5.41, 5.74) is 1.23. The predicted octanol–water partition coefficient (Wildman–Crippen LogP) is 5.60. The van der Waals surface area contributed by atoms with Crippen LogP contribution < -0.4 is 10.1 Å². The Labute approximate surface area is 163 Å². The zero-order valence-electron chi connectivity index (χ0n) is 14.8. The monoisotopic (exact) mass is 384 g/mol. The van der Waals surface area contributed by atoms with Gasteiger partial charge in [-0.15, -0.1) is 22.7 Å². The first-order valence-electron chi connectivity index (χ1n) is 9.28. The summed E-state index contributed by atoms with van der Waals surface area (Å²) < 4.78 is 6.28. The second kappa shape index (κ2) is 8.80. The number of rotatable bonds is 8. The van der Waals surface area contributed by atoms with Crippen LogP contribution >= 0.6 is 22.7 Å². The molecule has 0 spiro atoms. The van der Waals surface area contributed by atoms with Crippen molar-refractivity contribution in [3.8, 4) is 5.75 Å². The van der Waals surface area contributed by atoms with E-state index in [0.29, 0.717) is 6.10 Å². The number of nitrogens with one attached hydrogen (secondary N) is 1. The average molecular weight is 385 g/mol. The van der Waals surface area contributed by atoms with Crippen LogP contribution in [0.15, 0.2) is 53.4 Å². The lowest BCUT2D eigenvalue weighted by Crippen LogP contribution is -2.23. The Morgan fingerprint density at radius 3 is 2.73 bits per heavy atom. The summed E-state index contributed by atoms with van der Waals surface area (Å²) in [4.78, 5) is 5.93. The lowest BCUT2D eigenvalue weighted by atomic mass is 10.1. The second-order valence-corrected chi connectivity index (χ2v) is 8.68. The molecule has 136 valence electrons. The van der Waals surface area contributed by atoms with E-state index in [0.717, 1.165) is 23.7 Å². The van der Waals surface area contributed by atoms with Crippen LogP contribution in [0.1, 0.15) is 47.2 Å². The highest BCUT2D eigenvalue weighted by Gasteiger charge is 2.19. The van der Waals surface area contributed by atoms with E-state index < -0.39 is 0 Å². The minimum Gasteiger partial charge on any atom is -0.490 e. The number of thiophene rings is 1. The molecule has 2 heterocycles. The summed E-state index contributed by atoms with van der Waals surface area (Å²) >= 11 is 3.52. The molecular weight excluding hydrogens is 360 g/mol. The molecule has 2 aromatic heterocycles. The van der Waals surface area contributed by atoms with Gasteiger partial charge in [0.1, 0.15) is 10.8 Å². The van der Waals surface area contributed by atoms with Crippen LogP contribution in [0.3, 0.4) is 0 Å². The van der Waals surface area contributed by atoms with Gasteiger partial charge in [-0.05, 0) is 43.2 Å². The molecule has 0 aliphatic heterocycles. The van der Waals surface area contributed by atoms with Gasteiger partial charge in [0.15, 0.2) is 0 Å². The molecule has 26 heavy (non-hydrogen) atoms. The molecule has 1 fully saturated rings. The molecule has 5 heteroatoms. The number of hydrogen-bond acceptors (Lipinski definition) is 5. The van der Waals surface area contributed by atoms with E-state index in [4.69, 9.17) is 4.74 Å². The highest BCUT2D eigenvalue weighted by molar-refractivity contribution is 7.10. The molecule has 1 N–H and O–H groups in total. The number of hydrogen-bond donors (Lipinski definition) is 1. The maximum absolute atomic E-state index is 6.28. The average Bonchev–Trinajstić information content (AvgIpc) is 3.42. The Bertz CT molecular complexity index is 780. The van der Waals surface area contributed by atoms with Crippen LogP contribution in [0, 0.1) is 0 Å². The van der Waals surface area contributed by atoms with Crippen LogP contribution in [0.5, 0.6) is 5.75 Å². The van der Waals surface area contributed by atoms with Gasteiger partial charge in [-0.25, -0.2) is 4.98 Å². The third-order valence-corrected chi connectivity index (χ3v) is 6.63. The lowest BCUT2D eigenvalue weighted by molar-refractivity contribution is 0.207. The van der Waals surface area contributed by atoms with E-state index in [1.165, 1.54) is 36.1 Å². The van der Waals surface area contributed by atoms with Crippen LogP contribution in [-0.4, -0.2) is 11.1 Å². The third-order valence-electron chi connectivity index (χ3n) is 4.84. The summed E-state index contributed by atoms with van der Waals surface area (Å²) in [5, 5.41) is 9.05. The van der Waals surface area contributed by atoms with Gasteiger partial charge in [0.25, 0.3) is 0 Å². The van der Waals surface area contributed by atoms with Crippen molar-refractivity contribution in [2.24, 2.45) is 0 Å². The SMILES string of the molecule is c1csc(C[C@H](NCc2ccccc2OC2CCCC2)c2nccs2)c1. The minimum atomic E-state index is 0.230. The number of thiazole rings is 1. The Hall–Kier alpha value is -1.69. The fourth-order valence-electron chi connectivity index (χ4n) is 3.47. The molecule has 1 saturated carbocycles. The van der Waals surface area contributed by atoms with Crippen LogP contribution in [-0.2, 0) is 13.0 Å². The largest absolute Gasteiger partial charge is 0.490 e. The molecule has 0 saturated heterocycles. The van der Waals surface area contributed by atoms with E-state index in [1.807, 2.05) is 6.20 Å². The minimum absolute atomic E-state index is 0.230. The molecular formula is C21H24N2OS2. The van der Waals surface area contributed by atoms with E-state index in [-0.39, 0.29) is 6.04 Å². The van der Waals surface area contributed by atoms with Crippen molar-refractivity contribution in [1.82, 2.24) is 10.3 Å². The summed E-state index contributed by atoms with van der Waals surface area (Å²) in [6.07, 6.45) is 8.19. The quantitative estimate of drug-likeness (QED) is 0.549. The van der Waals surface area contributed by atoms with Gasteiger partial charge in [0.2, 0.25) is 0 Å². The third kappa shape index (κ3) is 4.53. The van der Waals surface area contributed by atoms with Gasteiger partial charge >= 0.3 is 0 Å². The fraction of sp³-hybridized carbons (Fsp3) is 0.381. The highest BCUT2D eigenvalue weighted by atomic mass is 32.1. The van der Waals surface area contributed by atoms with Crippen molar-refractivity contribution in [2.45, 2.75) is 50.8 Å². The number of nitrogens with zero attached hydrogens (tertiary/aromatic N) is 1. The molecule has 0 radical (unpaired) electrons. The first kappa shape index (κ1) is 17.7.